The molecule has 20 heavy (non-hydrogen) atoms. The highest BCUT2D eigenvalue weighted by Gasteiger charge is 2.12. The summed E-state index contributed by atoms with van der Waals surface area (Å²) in [5, 5.41) is 3.10. The molecule has 0 radical (unpaired) electrons. The summed E-state index contributed by atoms with van der Waals surface area (Å²) in [5.41, 5.74) is 5.81. The maximum absolute atomic E-state index is 5.81. The Kier molecular flexibility index (Phi) is 14.0. The van der Waals surface area contributed by atoms with Gasteiger partial charge in [-0.15, -0.1) is 24.0 Å². The third-order valence-electron chi connectivity index (χ3n) is 2.99. The van der Waals surface area contributed by atoms with Gasteiger partial charge in [-0.05, 0) is 41.0 Å². The largest absolute Gasteiger partial charge is 0.383 e. The summed E-state index contributed by atoms with van der Waals surface area (Å²) in [6.45, 7) is 13.4. The Bertz CT molecular complexity index is 252. The molecule has 0 aliphatic heterocycles. The SMILES string of the molecule is COCC(C)NC(N)=NCCCN(C(C)C)C(C)C.I. The molecular weight excluding hydrogens is 367 g/mol. The van der Waals surface area contributed by atoms with Crippen LogP contribution in [0, 0.1) is 0 Å². The van der Waals surface area contributed by atoms with Gasteiger partial charge in [0.1, 0.15) is 0 Å². The van der Waals surface area contributed by atoms with Gasteiger partial charge < -0.3 is 15.8 Å². The molecule has 5 nitrogen and oxygen atoms in total. The Hall–Kier alpha value is -0.0800. The topological polar surface area (TPSA) is 62.9 Å². The zero-order chi connectivity index (χ0) is 14.8. The number of hydrogen-bond acceptors (Lipinski definition) is 3. The molecule has 1 atom stereocenters. The van der Waals surface area contributed by atoms with E-state index in [9.17, 15) is 0 Å². The van der Waals surface area contributed by atoms with Gasteiger partial charge in [-0.3, -0.25) is 9.89 Å². The van der Waals surface area contributed by atoms with Crippen molar-refractivity contribution in [1.82, 2.24) is 10.2 Å². The average molecular weight is 400 g/mol. The van der Waals surface area contributed by atoms with E-state index in [4.69, 9.17) is 10.5 Å². The predicted molar refractivity (Wildman–Crippen MR) is 98.0 cm³/mol. The summed E-state index contributed by atoms with van der Waals surface area (Å²) in [5.74, 6) is 0.505. The smallest absolute Gasteiger partial charge is 0.188 e. The molecule has 3 N–H and O–H groups in total. The first-order chi connectivity index (χ1) is 8.88. The fraction of sp³-hybridized carbons (Fsp3) is 0.929. The fourth-order valence-corrected chi connectivity index (χ4v) is 2.16. The van der Waals surface area contributed by atoms with Gasteiger partial charge in [0.2, 0.25) is 0 Å². The van der Waals surface area contributed by atoms with E-state index in [0.29, 0.717) is 24.7 Å². The number of nitrogens with two attached hydrogens (primary N) is 1. The monoisotopic (exact) mass is 400 g/mol. The normalized spacial score (nSPS) is 13.8. The lowest BCUT2D eigenvalue weighted by atomic mass is 10.2. The summed E-state index contributed by atoms with van der Waals surface area (Å²) in [6.07, 6.45) is 1.03. The third-order valence-corrected chi connectivity index (χ3v) is 2.99. The van der Waals surface area contributed by atoms with Crippen LogP contribution in [0.2, 0.25) is 0 Å². The molecule has 0 aromatic carbocycles. The van der Waals surface area contributed by atoms with Crippen molar-refractivity contribution in [2.45, 2.75) is 59.2 Å². The molecular formula is C14H33IN4O. The quantitative estimate of drug-likeness (QED) is 0.269. The molecule has 0 aromatic rings. The molecule has 6 heteroatoms. The second-order valence-corrected chi connectivity index (χ2v) is 5.55. The van der Waals surface area contributed by atoms with Crippen LogP contribution in [0.25, 0.3) is 0 Å². The predicted octanol–water partition coefficient (Wildman–Crippen LogP) is 2.05. The zero-order valence-electron chi connectivity index (χ0n) is 13.8. The van der Waals surface area contributed by atoms with Crippen molar-refractivity contribution in [3.05, 3.63) is 0 Å². The summed E-state index contributed by atoms with van der Waals surface area (Å²) in [6, 6.07) is 1.33. The lowest BCUT2D eigenvalue weighted by Gasteiger charge is -2.30. The van der Waals surface area contributed by atoms with Crippen LogP contribution in [0.15, 0.2) is 4.99 Å². The summed E-state index contributed by atoms with van der Waals surface area (Å²) in [4.78, 5) is 6.80. The van der Waals surface area contributed by atoms with Crippen LogP contribution in [0.3, 0.4) is 0 Å². The van der Waals surface area contributed by atoms with Gasteiger partial charge in [-0.25, -0.2) is 0 Å². The van der Waals surface area contributed by atoms with Crippen LogP contribution in [0.5, 0.6) is 0 Å². The minimum atomic E-state index is 0. The van der Waals surface area contributed by atoms with E-state index in [0.717, 1.165) is 19.5 Å². The lowest BCUT2D eigenvalue weighted by molar-refractivity contribution is 0.174. The van der Waals surface area contributed by atoms with E-state index < -0.39 is 0 Å². The average Bonchev–Trinajstić information content (AvgIpc) is 2.27. The van der Waals surface area contributed by atoms with E-state index in [1.165, 1.54) is 0 Å². The number of nitrogens with zero attached hydrogens (tertiary/aromatic N) is 2. The van der Waals surface area contributed by atoms with Crippen molar-refractivity contribution in [2.24, 2.45) is 10.7 Å². The highest BCUT2D eigenvalue weighted by atomic mass is 127. The van der Waals surface area contributed by atoms with E-state index in [1.54, 1.807) is 7.11 Å². The van der Waals surface area contributed by atoms with E-state index in [-0.39, 0.29) is 30.0 Å². The van der Waals surface area contributed by atoms with Crippen molar-refractivity contribution in [1.29, 1.82) is 0 Å². The van der Waals surface area contributed by atoms with Crippen molar-refractivity contribution >= 4 is 29.9 Å². The molecule has 0 heterocycles. The first-order valence-electron chi connectivity index (χ1n) is 7.19. The summed E-state index contributed by atoms with van der Waals surface area (Å²) in [7, 11) is 1.68. The molecule has 0 amide bonds. The zero-order valence-corrected chi connectivity index (χ0v) is 16.2. The number of rotatable bonds is 9. The molecule has 0 rings (SSSR count). The van der Waals surface area contributed by atoms with Gasteiger partial charge in [0.15, 0.2) is 5.96 Å². The molecule has 0 saturated carbocycles. The molecule has 0 aliphatic rings. The highest BCUT2D eigenvalue weighted by molar-refractivity contribution is 14.0. The van der Waals surface area contributed by atoms with Crippen LogP contribution in [-0.4, -0.2) is 55.8 Å². The van der Waals surface area contributed by atoms with Crippen molar-refractivity contribution in [3.63, 3.8) is 0 Å². The van der Waals surface area contributed by atoms with Gasteiger partial charge in [0.25, 0.3) is 0 Å². The molecule has 0 saturated heterocycles. The van der Waals surface area contributed by atoms with E-state index in [2.05, 4.69) is 42.9 Å². The third kappa shape index (κ3) is 10.7. The van der Waals surface area contributed by atoms with Crippen LogP contribution in [0.4, 0.5) is 0 Å². The number of nitrogens with one attached hydrogen (secondary N) is 1. The minimum absolute atomic E-state index is 0. The van der Waals surface area contributed by atoms with Crippen molar-refractivity contribution in [3.8, 4) is 0 Å². The fourth-order valence-electron chi connectivity index (χ4n) is 2.16. The Morgan fingerprint density at radius 1 is 1.20 bits per heavy atom. The van der Waals surface area contributed by atoms with Gasteiger partial charge in [-0.2, -0.15) is 0 Å². The molecule has 122 valence electrons. The number of hydrogen-bond donors (Lipinski definition) is 2. The first kappa shape index (κ1) is 22.2. The number of guanidine groups is 1. The van der Waals surface area contributed by atoms with Crippen molar-refractivity contribution in [2.75, 3.05) is 26.8 Å². The number of halogens is 1. The van der Waals surface area contributed by atoms with E-state index >= 15 is 0 Å². The Balaban J connectivity index is 0. The first-order valence-corrected chi connectivity index (χ1v) is 7.19. The number of methoxy groups -OCH3 is 1. The maximum Gasteiger partial charge on any atom is 0.188 e. The Morgan fingerprint density at radius 3 is 2.20 bits per heavy atom. The van der Waals surface area contributed by atoms with Gasteiger partial charge >= 0.3 is 0 Å². The van der Waals surface area contributed by atoms with Gasteiger partial charge in [0.05, 0.1) is 6.61 Å². The second kappa shape index (κ2) is 12.6. The van der Waals surface area contributed by atoms with E-state index in [1.807, 2.05) is 6.92 Å². The molecule has 0 bridgehead atoms. The van der Waals surface area contributed by atoms with Crippen LogP contribution < -0.4 is 11.1 Å². The maximum atomic E-state index is 5.81. The van der Waals surface area contributed by atoms with Crippen LogP contribution >= 0.6 is 24.0 Å². The highest BCUT2D eigenvalue weighted by Crippen LogP contribution is 2.05. The van der Waals surface area contributed by atoms with Gasteiger partial charge in [0, 0.05) is 38.3 Å². The van der Waals surface area contributed by atoms with Crippen LogP contribution in [-0.2, 0) is 4.74 Å². The summed E-state index contributed by atoms with van der Waals surface area (Å²) >= 11 is 0. The van der Waals surface area contributed by atoms with Crippen molar-refractivity contribution < 1.29 is 4.74 Å². The number of ether oxygens (including phenoxy) is 1. The second-order valence-electron chi connectivity index (χ2n) is 5.55. The Morgan fingerprint density at radius 2 is 1.75 bits per heavy atom. The lowest BCUT2D eigenvalue weighted by Crippen LogP contribution is -2.41. The molecule has 1 unspecified atom stereocenters. The van der Waals surface area contributed by atoms with Gasteiger partial charge in [-0.1, -0.05) is 0 Å². The van der Waals surface area contributed by atoms with Crippen LogP contribution in [0.1, 0.15) is 41.0 Å². The minimum Gasteiger partial charge on any atom is -0.383 e. The molecule has 0 fully saturated rings. The molecule has 0 spiro atoms. The molecule has 0 aliphatic carbocycles. The standard InChI is InChI=1S/C14H32N4O.HI/c1-11(2)18(12(3)4)9-7-8-16-14(15)17-13(5)10-19-6;/h11-13H,7-10H2,1-6H3,(H3,15,16,17);1H. The Labute approximate surface area is 141 Å². The summed E-state index contributed by atoms with van der Waals surface area (Å²) < 4.78 is 5.03. The number of aliphatic imine (C=N–C) groups is 1. The molecule has 0 aromatic heterocycles.